The minimum Gasteiger partial charge on any atom is -0.494 e. The molecule has 0 N–H and O–H groups in total. The minimum atomic E-state index is -0.424. The van der Waals surface area contributed by atoms with Crippen LogP contribution in [0.3, 0.4) is 0 Å². The molecule has 2 aromatic carbocycles. The van der Waals surface area contributed by atoms with Gasteiger partial charge in [0.25, 0.3) is 5.91 Å². The molecule has 28 heavy (non-hydrogen) atoms. The first-order valence-corrected chi connectivity index (χ1v) is 9.55. The Kier molecular flexibility index (Phi) is 6.63. The highest BCUT2D eigenvalue weighted by molar-refractivity contribution is 5.94. The summed E-state index contributed by atoms with van der Waals surface area (Å²) in [5, 5.41) is 0. The van der Waals surface area contributed by atoms with Crippen LogP contribution >= 0.6 is 0 Å². The quantitative estimate of drug-likeness (QED) is 0.718. The van der Waals surface area contributed by atoms with Gasteiger partial charge in [0.15, 0.2) is 0 Å². The van der Waals surface area contributed by atoms with Crippen LogP contribution in [0.25, 0.3) is 0 Å². The minimum absolute atomic E-state index is 0.0747. The average molecular weight is 384 g/mol. The number of benzene rings is 2. The SMILES string of the molecule is Cc1cccc(OCCCC(=O)N2CCN(C(=O)c3cccc(F)c3)CC2)c1. The molecule has 2 aromatic rings. The fourth-order valence-electron chi connectivity index (χ4n) is 3.24. The second kappa shape index (κ2) is 9.35. The summed E-state index contributed by atoms with van der Waals surface area (Å²) in [6.45, 7) is 4.42. The lowest BCUT2D eigenvalue weighted by atomic mass is 10.1. The van der Waals surface area contributed by atoms with Gasteiger partial charge >= 0.3 is 0 Å². The van der Waals surface area contributed by atoms with Crippen LogP contribution in [-0.2, 0) is 4.79 Å². The highest BCUT2D eigenvalue weighted by Gasteiger charge is 2.24. The predicted molar refractivity (Wildman–Crippen MR) is 105 cm³/mol. The van der Waals surface area contributed by atoms with Gasteiger partial charge in [-0.1, -0.05) is 18.2 Å². The second-order valence-electron chi connectivity index (χ2n) is 6.95. The van der Waals surface area contributed by atoms with E-state index in [4.69, 9.17) is 4.74 Å². The van der Waals surface area contributed by atoms with Crippen LogP contribution in [-0.4, -0.2) is 54.4 Å². The van der Waals surface area contributed by atoms with E-state index in [0.717, 1.165) is 11.3 Å². The number of aryl methyl sites for hydroxylation is 1. The van der Waals surface area contributed by atoms with Gasteiger partial charge in [-0.05, 0) is 49.2 Å². The van der Waals surface area contributed by atoms with Gasteiger partial charge in [0.1, 0.15) is 11.6 Å². The van der Waals surface area contributed by atoms with Gasteiger partial charge in [-0.2, -0.15) is 0 Å². The molecule has 0 radical (unpaired) electrons. The lowest BCUT2D eigenvalue weighted by Gasteiger charge is -2.35. The molecule has 0 aromatic heterocycles. The monoisotopic (exact) mass is 384 g/mol. The van der Waals surface area contributed by atoms with E-state index in [1.165, 1.54) is 18.2 Å². The number of carbonyl (C=O) groups excluding carboxylic acids is 2. The molecular weight excluding hydrogens is 359 g/mol. The lowest BCUT2D eigenvalue weighted by molar-refractivity contribution is -0.132. The molecule has 1 saturated heterocycles. The number of piperazine rings is 1. The molecule has 0 atom stereocenters. The van der Waals surface area contributed by atoms with E-state index >= 15 is 0 Å². The molecule has 0 unspecified atom stereocenters. The predicted octanol–water partition coefficient (Wildman–Crippen LogP) is 3.28. The molecule has 0 spiro atoms. The second-order valence-corrected chi connectivity index (χ2v) is 6.95. The van der Waals surface area contributed by atoms with Gasteiger partial charge in [0.05, 0.1) is 6.61 Å². The number of halogens is 1. The molecule has 0 saturated carbocycles. The molecule has 6 heteroatoms. The third-order valence-electron chi connectivity index (χ3n) is 4.78. The maximum Gasteiger partial charge on any atom is 0.254 e. The zero-order valence-electron chi connectivity index (χ0n) is 16.1. The summed E-state index contributed by atoms with van der Waals surface area (Å²) in [4.78, 5) is 28.3. The molecular formula is C22H25FN2O3. The molecule has 1 fully saturated rings. The van der Waals surface area contributed by atoms with Crippen molar-refractivity contribution >= 4 is 11.8 Å². The van der Waals surface area contributed by atoms with Crippen molar-refractivity contribution in [3.63, 3.8) is 0 Å². The topological polar surface area (TPSA) is 49.9 Å². The van der Waals surface area contributed by atoms with Gasteiger partial charge in [0, 0.05) is 38.2 Å². The molecule has 0 bridgehead atoms. The Morgan fingerprint density at radius 1 is 1.00 bits per heavy atom. The highest BCUT2D eigenvalue weighted by Crippen LogP contribution is 2.14. The number of rotatable bonds is 6. The summed E-state index contributed by atoms with van der Waals surface area (Å²) < 4.78 is 19.0. The Morgan fingerprint density at radius 2 is 1.71 bits per heavy atom. The maximum atomic E-state index is 13.3. The standard InChI is InChI=1S/C22H25FN2O3/c1-17-5-2-8-20(15-17)28-14-4-9-21(26)24-10-12-25(13-11-24)22(27)18-6-3-7-19(23)16-18/h2-3,5-8,15-16H,4,9-14H2,1H3. The van der Waals surface area contributed by atoms with Gasteiger partial charge in [-0.3, -0.25) is 9.59 Å². The first-order chi connectivity index (χ1) is 13.5. The van der Waals surface area contributed by atoms with Crippen LogP contribution < -0.4 is 4.74 Å². The first-order valence-electron chi connectivity index (χ1n) is 9.55. The van der Waals surface area contributed by atoms with Crippen LogP contribution in [0.15, 0.2) is 48.5 Å². The van der Waals surface area contributed by atoms with E-state index in [9.17, 15) is 14.0 Å². The van der Waals surface area contributed by atoms with Crippen LogP contribution in [0.2, 0.25) is 0 Å². The number of carbonyl (C=O) groups is 2. The normalized spacial score (nSPS) is 14.1. The summed E-state index contributed by atoms with van der Waals surface area (Å²) >= 11 is 0. The maximum absolute atomic E-state index is 13.3. The van der Waals surface area contributed by atoms with Crippen molar-refractivity contribution in [1.29, 1.82) is 0 Å². The van der Waals surface area contributed by atoms with Crippen LogP contribution in [0.5, 0.6) is 5.75 Å². The molecule has 148 valence electrons. The van der Waals surface area contributed by atoms with Gasteiger partial charge < -0.3 is 14.5 Å². The Bertz CT molecular complexity index is 832. The van der Waals surface area contributed by atoms with E-state index in [0.29, 0.717) is 51.2 Å². The van der Waals surface area contributed by atoms with Gasteiger partial charge in [-0.15, -0.1) is 0 Å². The van der Waals surface area contributed by atoms with Crippen molar-refractivity contribution in [3.05, 3.63) is 65.5 Å². The summed E-state index contributed by atoms with van der Waals surface area (Å²) in [6, 6.07) is 13.5. The largest absolute Gasteiger partial charge is 0.494 e. The zero-order chi connectivity index (χ0) is 19.9. The summed E-state index contributed by atoms with van der Waals surface area (Å²) in [7, 11) is 0. The number of hydrogen-bond donors (Lipinski definition) is 0. The fraction of sp³-hybridized carbons (Fsp3) is 0.364. The Balaban J connectivity index is 1.39. The first kappa shape index (κ1) is 19.9. The number of nitrogens with zero attached hydrogens (tertiary/aromatic N) is 2. The van der Waals surface area contributed by atoms with Crippen LogP contribution in [0.4, 0.5) is 4.39 Å². The summed E-state index contributed by atoms with van der Waals surface area (Å²) in [5.41, 5.74) is 1.48. The van der Waals surface area contributed by atoms with Crippen molar-refractivity contribution in [1.82, 2.24) is 9.80 Å². The molecule has 1 heterocycles. The third-order valence-corrected chi connectivity index (χ3v) is 4.78. The van der Waals surface area contributed by atoms with Gasteiger partial charge in [0.2, 0.25) is 5.91 Å². The Labute approximate surface area is 164 Å². The third kappa shape index (κ3) is 5.31. The van der Waals surface area contributed by atoms with E-state index < -0.39 is 5.82 Å². The van der Waals surface area contributed by atoms with E-state index in [2.05, 4.69) is 0 Å². The van der Waals surface area contributed by atoms with Crippen molar-refractivity contribution in [2.75, 3.05) is 32.8 Å². The zero-order valence-corrected chi connectivity index (χ0v) is 16.1. The number of amides is 2. The number of ether oxygens (including phenoxy) is 1. The average Bonchev–Trinajstić information content (AvgIpc) is 2.71. The number of hydrogen-bond acceptors (Lipinski definition) is 3. The summed E-state index contributed by atoms with van der Waals surface area (Å²) in [6.07, 6.45) is 1.07. The van der Waals surface area contributed by atoms with Crippen LogP contribution in [0, 0.1) is 12.7 Å². The lowest BCUT2D eigenvalue weighted by Crippen LogP contribution is -2.50. The Hall–Kier alpha value is -2.89. The molecule has 1 aliphatic rings. The highest BCUT2D eigenvalue weighted by atomic mass is 19.1. The van der Waals surface area contributed by atoms with Crippen molar-refractivity contribution in [3.8, 4) is 5.75 Å². The van der Waals surface area contributed by atoms with Crippen molar-refractivity contribution in [2.24, 2.45) is 0 Å². The van der Waals surface area contributed by atoms with E-state index in [1.54, 1.807) is 15.9 Å². The van der Waals surface area contributed by atoms with E-state index in [-0.39, 0.29) is 11.8 Å². The van der Waals surface area contributed by atoms with Crippen molar-refractivity contribution < 1.29 is 18.7 Å². The molecule has 5 nitrogen and oxygen atoms in total. The Morgan fingerprint density at radius 3 is 2.43 bits per heavy atom. The van der Waals surface area contributed by atoms with Crippen LogP contribution in [0.1, 0.15) is 28.8 Å². The molecule has 2 amide bonds. The summed E-state index contributed by atoms with van der Waals surface area (Å²) in [5.74, 6) is 0.272. The van der Waals surface area contributed by atoms with E-state index in [1.807, 2.05) is 31.2 Å². The van der Waals surface area contributed by atoms with Crippen molar-refractivity contribution in [2.45, 2.75) is 19.8 Å². The van der Waals surface area contributed by atoms with Gasteiger partial charge in [-0.25, -0.2) is 4.39 Å². The smallest absolute Gasteiger partial charge is 0.254 e. The molecule has 0 aliphatic carbocycles. The molecule has 1 aliphatic heterocycles. The fourth-order valence-corrected chi connectivity index (χ4v) is 3.24. The molecule has 3 rings (SSSR count).